The lowest BCUT2D eigenvalue weighted by Crippen LogP contribution is -2.24. The van der Waals surface area contributed by atoms with Crippen molar-refractivity contribution in [1.82, 2.24) is 4.72 Å². The Labute approximate surface area is 154 Å². The van der Waals surface area contributed by atoms with Crippen molar-refractivity contribution in [3.8, 4) is 0 Å². The fraction of sp³-hybridized carbons (Fsp3) is 0.0625. The summed E-state index contributed by atoms with van der Waals surface area (Å²) >= 11 is 11.7. The summed E-state index contributed by atoms with van der Waals surface area (Å²) < 4.78 is 40.4. The second-order valence-electron chi connectivity index (χ2n) is 4.89. The van der Waals surface area contributed by atoms with E-state index < -0.39 is 27.3 Å². The van der Waals surface area contributed by atoms with E-state index in [1.807, 2.05) is 0 Å². The average molecular weight is 403 g/mol. The van der Waals surface area contributed by atoms with Crippen LogP contribution < -0.4 is 10.0 Å². The van der Waals surface area contributed by atoms with Crippen LogP contribution in [0.4, 0.5) is 10.1 Å². The van der Waals surface area contributed by atoms with Crippen LogP contribution in [-0.2, 0) is 10.0 Å². The van der Waals surface area contributed by atoms with E-state index in [4.69, 9.17) is 23.2 Å². The zero-order valence-corrected chi connectivity index (χ0v) is 15.1. The van der Waals surface area contributed by atoms with E-state index in [-0.39, 0.29) is 27.2 Å². The third-order valence-electron chi connectivity index (χ3n) is 3.03. The van der Waals surface area contributed by atoms with E-state index in [0.717, 1.165) is 18.2 Å². The van der Waals surface area contributed by atoms with Gasteiger partial charge in [0.1, 0.15) is 5.82 Å². The molecule has 2 N–H and O–H groups in total. The van der Waals surface area contributed by atoms with Gasteiger partial charge >= 0.3 is 0 Å². The molecule has 0 saturated heterocycles. The summed E-state index contributed by atoms with van der Waals surface area (Å²) in [5.41, 5.74) is -0.183. The fourth-order valence-corrected chi connectivity index (χ4v) is 3.47. The zero-order chi connectivity index (χ0) is 18.6. The molecular weight excluding hydrogens is 390 g/mol. The van der Waals surface area contributed by atoms with Crippen molar-refractivity contribution in [1.29, 1.82) is 0 Å². The smallest absolute Gasteiger partial charge is 0.258 e. The molecular formula is C16H13Cl2FN2O3S. The van der Waals surface area contributed by atoms with E-state index in [1.165, 1.54) is 24.3 Å². The molecule has 9 heteroatoms. The summed E-state index contributed by atoms with van der Waals surface area (Å²) in [5.74, 6) is -1.70. The average Bonchev–Trinajstić information content (AvgIpc) is 2.52. The maximum atomic E-state index is 14.0. The van der Waals surface area contributed by atoms with Crippen molar-refractivity contribution < 1.29 is 17.6 Å². The Kier molecular flexibility index (Phi) is 6.18. The molecule has 0 atom stereocenters. The number of rotatable bonds is 6. The van der Waals surface area contributed by atoms with Gasteiger partial charge in [0.2, 0.25) is 10.0 Å². The van der Waals surface area contributed by atoms with Crippen molar-refractivity contribution in [3.05, 3.63) is 70.5 Å². The number of amides is 1. The number of halogens is 3. The summed E-state index contributed by atoms with van der Waals surface area (Å²) in [6, 6.07) is 7.24. The Hall–Kier alpha value is -1.93. The molecule has 0 aliphatic heterocycles. The number of carbonyl (C=O) groups is 1. The highest BCUT2D eigenvalue weighted by atomic mass is 35.5. The molecule has 0 heterocycles. The van der Waals surface area contributed by atoms with Crippen LogP contribution in [0.5, 0.6) is 0 Å². The lowest BCUT2D eigenvalue weighted by molar-refractivity contribution is 0.102. The first kappa shape index (κ1) is 19.4. The van der Waals surface area contributed by atoms with Gasteiger partial charge in [-0.15, -0.1) is 6.58 Å². The minimum absolute atomic E-state index is 0.00224. The standard InChI is InChI=1S/C16H13Cl2FN2O3S/c1-2-5-20-25(23,24)13-3-4-15(19)14(9-13)16(22)21-12-7-10(17)6-11(18)8-12/h2-4,6-9,20H,1,5H2,(H,21,22). The summed E-state index contributed by atoms with van der Waals surface area (Å²) in [4.78, 5) is 12.0. The van der Waals surface area contributed by atoms with Crippen molar-refractivity contribution in [2.24, 2.45) is 0 Å². The predicted molar refractivity (Wildman–Crippen MR) is 96.2 cm³/mol. The number of hydrogen-bond donors (Lipinski definition) is 2. The molecule has 25 heavy (non-hydrogen) atoms. The minimum atomic E-state index is -3.89. The van der Waals surface area contributed by atoms with Gasteiger partial charge in [-0.2, -0.15) is 0 Å². The summed E-state index contributed by atoms with van der Waals surface area (Å²) in [6.45, 7) is 3.41. The van der Waals surface area contributed by atoms with Crippen molar-refractivity contribution >= 4 is 44.8 Å². The summed E-state index contributed by atoms with van der Waals surface area (Å²) in [6.07, 6.45) is 1.36. The molecule has 0 aromatic heterocycles. The molecule has 0 radical (unpaired) electrons. The van der Waals surface area contributed by atoms with Gasteiger partial charge in [0.25, 0.3) is 5.91 Å². The molecule has 0 fully saturated rings. The molecule has 0 aliphatic rings. The molecule has 2 aromatic carbocycles. The Bertz CT molecular complexity index is 913. The Morgan fingerprint density at radius 3 is 2.40 bits per heavy atom. The molecule has 1 amide bonds. The lowest BCUT2D eigenvalue weighted by Gasteiger charge is -2.10. The van der Waals surface area contributed by atoms with E-state index in [1.54, 1.807) is 0 Å². The first-order valence-corrected chi connectivity index (χ1v) is 9.14. The molecule has 0 bridgehead atoms. The highest BCUT2D eigenvalue weighted by molar-refractivity contribution is 7.89. The van der Waals surface area contributed by atoms with E-state index in [2.05, 4.69) is 16.6 Å². The molecule has 132 valence electrons. The fourth-order valence-electron chi connectivity index (χ4n) is 1.92. The van der Waals surface area contributed by atoms with E-state index >= 15 is 0 Å². The number of nitrogens with one attached hydrogen (secondary N) is 2. The first-order valence-electron chi connectivity index (χ1n) is 6.90. The molecule has 2 aromatic rings. The van der Waals surface area contributed by atoms with E-state index in [9.17, 15) is 17.6 Å². The molecule has 0 spiro atoms. The molecule has 2 rings (SSSR count). The normalized spacial score (nSPS) is 11.2. The molecule has 0 unspecified atom stereocenters. The van der Waals surface area contributed by atoms with Crippen molar-refractivity contribution in [3.63, 3.8) is 0 Å². The maximum Gasteiger partial charge on any atom is 0.258 e. The molecule has 5 nitrogen and oxygen atoms in total. The molecule has 0 saturated carbocycles. The highest BCUT2D eigenvalue weighted by Crippen LogP contribution is 2.23. The topological polar surface area (TPSA) is 75.3 Å². The predicted octanol–water partition coefficient (Wildman–Crippen LogP) is 3.85. The lowest BCUT2D eigenvalue weighted by atomic mass is 10.2. The molecule has 0 aliphatic carbocycles. The van der Waals surface area contributed by atoms with Crippen LogP contribution in [-0.4, -0.2) is 20.9 Å². The Balaban J connectivity index is 2.33. The first-order chi connectivity index (χ1) is 11.7. The number of anilines is 1. The van der Waals surface area contributed by atoms with Crippen LogP contribution in [0, 0.1) is 5.82 Å². The van der Waals surface area contributed by atoms with Gasteiger partial charge in [-0.3, -0.25) is 4.79 Å². The van der Waals surface area contributed by atoms with Gasteiger partial charge in [0, 0.05) is 22.3 Å². The number of hydrogen-bond acceptors (Lipinski definition) is 3. The highest BCUT2D eigenvalue weighted by Gasteiger charge is 2.19. The zero-order valence-electron chi connectivity index (χ0n) is 12.7. The van der Waals surface area contributed by atoms with Crippen LogP contribution in [0.25, 0.3) is 0 Å². The quantitative estimate of drug-likeness (QED) is 0.720. The number of carbonyl (C=O) groups excluding carboxylic acids is 1. The Morgan fingerprint density at radius 2 is 1.80 bits per heavy atom. The number of benzene rings is 2. The van der Waals surface area contributed by atoms with Crippen molar-refractivity contribution in [2.45, 2.75) is 4.90 Å². The van der Waals surface area contributed by atoms with Gasteiger partial charge in [0.15, 0.2) is 0 Å². The van der Waals surface area contributed by atoms with Crippen molar-refractivity contribution in [2.75, 3.05) is 11.9 Å². The maximum absolute atomic E-state index is 14.0. The third-order valence-corrected chi connectivity index (χ3v) is 4.89. The Morgan fingerprint density at radius 1 is 1.16 bits per heavy atom. The van der Waals surface area contributed by atoms with Crippen LogP contribution in [0.3, 0.4) is 0 Å². The van der Waals surface area contributed by atoms with E-state index in [0.29, 0.717) is 0 Å². The van der Waals surface area contributed by atoms with Crippen LogP contribution in [0.1, 0.15) is 10.4 Å². The van der Waals surface area contributed by atoms with Gasteiger partial charge in [0.05, 0.1) is 10.5 Å². The largest absolute Gasteiger partial charge is 0.322 e. The monoisotopic (exact) mass is 402 g/mol. The van der Waals surface area contributed by atoms with Crippen LogP contribution in [0.15, 0.2) is 53.9 Å². The second-order valence-corrected chi connectivity index (χ2v) is 7.53. The second kappa shape index (κ2) is 7.97. The van der Waals surface area contributed by atoms with Gasteiger partial charge < -0.3 is 5.32 Å². The summed E-state index contributed by atoms with van der Waals surface area (Å²) in [5, 5.41) is 2.99. The minimum Gasteiger partial charge on any atom is -0.322 e. The third kappa shape index (κ3) is 5.02. The van der Waals surface area contributed by atoms with Gasteiger partial charge in [-0.05, 0) is 36.4 Å². The van der Waals surface area contributed by atoms with Gasteiger partial charge in [-0.25, -0.2) is 17.5 Å². The summed E-state index contributed by atoms with van der Waals surface area (Å²) in [7, 11) is -3.89. The van der Waals surface area contributed by atoms with Crippen LogP contribution >= 0.6 is 23.2 Å². The number of sulfonamides is 1. The van der Waals surface area contributed by atoms with Crippen LogP contribution in [0.2, 0.25) is 10.0 Å². The SMILES string of the molecule is C=CCNS(=O)(=O)c1ccc(F)c(C(=O)Nc2cc(Cl)cc(Cl)c2)c1. The van der Waals surface area contributed by atoms with Gasteiger partial charge in [-0.1, -0.05) is 29.3 Å².